The first-order valence-corrected chi connectivity index (χ1v) is 19.0. The Morgan fingerprint density at radius 3 is 1.69 bits per heavy atom. The number of aromatic nitrogens is 2. The molecule has 9 aromatic carbocycles. The molecular formula is C53H32N2. The van der Waals surface area contributed by atoms with E-state index in [9.17, 15) is 0 Å². The Kier molecular flexibility index (Phi) is 6.37. The van der Waals surface area contributed by atoms with Crippen molar-refractivity contribution in [1.82, 2.24) is 9.55 Å². The summed E-state index contributed by atoms with van der Waals surface area (Å²) >= 11 is 0. The molecule has 11 aromatic rings. The second kappa shape index (κ2) is 11.6. The molecule has 55 heavy (non-hydrogen) atoms. The highest BCUT2D eigenvalue weighted by Crippen LogP contribution is 2.58. The maximum atomic E-state index is 4.86. The van der Waals surface area contributed by atoms with Crippen LogP contribution < -0.4 is 0 Å². The van der Waals surface area contributed by atoms with E-state index in [2.05, 4.69) is 187 Å². The standard InChI is InChI=1S/C53H32N2/c1-3-14-33(15-4-1)47-40-21-7-8-22-41(40)48(34-16-5-2-6-17-34)52-44-29-28-38(39-24-12-25-43(49(39)44)51(47)52)36-18-11-20-37(32-36)55-45-26-10-9-23-42(45)50-46(55)30-27-35-19-13-31-54-53(35)50/h1-32H. The highest BCUT2D eigenvalue weighted by atomic mass is 15.0. The summed E-state index contributed by atoms with van der Waals surface area (Å²) in [6.07, 6.45) is 1.90. The molecule has 0 aliphatic heterocycles. The zero-order valence-corrected chi connectivity index (χ0v) is 29.9. The van der Waals surface area contributed by atoms with Gasteiger partial charge in [-0.15, -0.1) is 0 Å². The third-order valence-electron chi connectivity index (χ3n) is 11.7. The van der Waals surface area contributed by atoms with E-state index >= 15 is 0 Å². The molecule has 254 valence electrons. The lowest BCUT2D eigenvalue weighted by Crippen LogP contribution is -1.94. The smallest absolute Gasteiger partial charge is 0.0802 e. The maximum Gasteiger partial charge on any atom is 0.0802 e. The number of pyridine rings is 1. The zero-order chi connectivity index (χ0) is 36.0. The van der Waals surface area contributed by atoms with E-state index in [1.807, 2.05) is 12.3 Å². The van der Waals surface area contributed by atoms with Crippen molar-refractivity contribution in [2.75, 3.05) is 0 Å². The van der Waals surface area contributed by atoms with Crippen LogP contribution in [0.25, 0.3) is 116 Å². The van der Waals surface area contributed by atoms with Gasteiger partial charge in [0.2, 0.25) is 0 Å². The Labute approximate surface area is 318 Å². The Morgan fingerprint density at radius 2 is 0.945 bits per heavy atom. The largest absolute Gasteiger partial charge is 0.309 e. The van der Waals surface area contributed by atoms with E-state index in [0.29, 0.717) is 0 Å². The number of hydrogen-bond donors (Lipinski definition) is 0. The van der Waals surface area contributed by atoms with E-state index < -0.39 is 0 Å². The van der Waals surface area contributed by atoms with Gasteiger partial charge in [0.1, 0.15) is 0 Å². The van der Waals surface area contributed by atoms with Crippen LogP contribution in [0.15, 0.2) is 194 Å². The van der Waals surface area contributed by atoms with E-state index in [1.165, 1.54) is 93.5 Å². The first-order valence-electron chi connectivity index (χ1n) is 19.0. The van der Waals surface area contributed by atoms with Gasteiger partial charge in [-0.05, 0) is 108 Å². The van der Waals surface area contributed by atoms with E-state index in [1.54, 1.807) is 0 Å². The molecule has 0 amide bonds. The average Bonchev–Trinajstić information content (AvgIpc) is 3.77. The SMILES string of the molecule is c1ccc(-c2c3c(c(-c4ccccc4)c4ccccc24)-c2ccc(-c4cccc(-n5c6ccccc6c6c7ncccc7ccc65)c4)c4cccc-3c24)cc1. The monoisotopic (exact) mass is 696 g/mol. The van der Waals surface area contributed by atoms with Crippen LogP contribution in [0.2, 0.25) is 0 Å². The van der Waals surface area contributed by atoms with Gasteiger partial charge in [0.25, 0.3) is 0 Å². The van der Waals surface area contributed by atoms with Crippen molar-refractivity contribution in [3.63, 3.8) is 0 Å². The van der Waals surface area contributed by atoms with E-state index in [4.69, 9.17) is 4.98 Å². The zero-order valence-electron chi connectivity index (χ0n) is 29.9. The van der Waals surface area contributed by atoms with Crippen LogP contribution in [0, 0.1) is 0 Å². The summed E-state index contributed by atoms with van der Waals surface area (Å²) in [5.74, 6) is 0. The van der Waals surface area contributed by atoms with Crippen molar-refractivity contribution in [1.29, 1.82) is 0 Å². The number of fused-ring (bicyclic) bond motifs is 9. The van der Waals surface area contributed by atoms with Crippen LogP contribution in [0.5, 0.6) is 0 Å². The van der Waals surface area contributed by atoms with Crippen molar-refractivity contribution >= 4 is 54.3 Å². The van der Waals surface area contributed by atoms with E-state index in [-0.39, 0.29) is 0 Å². The van der Waals surface area contributed by atoms with Crippen LogP contribution >= 0.6 is 0 Å². The van der Waals surface area contributed by atoms with Gasteiger partial charge >= 0.3 is 0 Å². The molecule has 2 heterocycles. The first-order chi connectivity index (χ1) is 27.3. The molecular weight excluding hydrogens is 665 g/mol. The lowest BCUT2D eigenvalue weighted by atomic mass is 9.82. The quantitative estimate of drug-likeness (QED) is 0.179. The fourth-order valence-corrected chi connectivity index (χ4v) is 9.55. The summed E-state index contributed by atoms with van der Waals surface area (Å²) in [4.78, 5) is 4.86. The summed E-state index contributed by atoms with van der Waals surface area (Å²) in [6, 6.07) is 68.9. The fourth-order valence-electron chi connectivity index (χ4n) is 9.55. The van der Waals surface area contributed by atoms with Gasteiger partial charge < -0.3 is 4.57 Å². The van der Waals surface area contributed by atoms with Crippen LogP contribution in [0.4, 0.5) is 0 Å². The Bertz CT molecular complexity index is 3260. The molecule has 2 aromatic heterocycles. The summed E-state index contributed by atoms with van der Waals surface area (Å²) in [6.45, 7) is 0. The van der Waals surface area contributed by atoms with Crippen LogP contribution in [0.3, 0.4) is 0 Å². The predicted octanol–water partition coefficient (Wildman–Crippen LogP) is 14.3. The minimum Gasteiger partial charge on any atom is -0.309 e. The van der Waals surface area contributed by atoms with Crippen molar-refractivity contribution in [2.45, 2.75) is 0 Å². The van der Waals surface area contributed by atoms with Gasteiger partial charge in [-0.2, -0.15) is 0 Å². The van der Waals surface area contributed by atoms with Crippen molar-refractivity contribution in [3.8, 4) is 61.3 Å². The van der Waals surface area contributed by atoms with Crippen molar-refractivity contribution in [2.24, 2.45) is 0 Å². The second-order valence-corrected chi connectivity index (χ2v) is 14.6. The van der Waals surface area contributed by atoms with Gasteiger partial charge in [-0.3, -0.25) is 4.98 Å². The summed E-state index contributed by atoms with van der Waals surface area (Å²) < 4.78 is 2.40. The second-order valence-electron chi connectivity index (χ2n) is 14.6. The molecule has 0 radical (unpaired) electrons. The lowest BCUT2D eigenvalue weighted by molar-refractivity contribution is 1.18. The molecule has 0 saturated carbocycles. The molecule has 1 aliphatic rings. The summed E-state index contributed by atoms with van der Waals surface area (Å²) in [5, 5.41) is 8.70. The third kappa shape index (κ3) is 4.28. The molecule has 0 atom stereocenters. The number of nitrogens with zero attached hydrogens (tertiary/aromatic N) is 2. The molecule has 2 heteroatoms. The molecule has 0 unspecified atom stereocenters. The average molecular weight is 697 g/mol. The first kappa shape index (κ1) is 30.2. The molecule has 0 N–H and O–H groups in total. The maximum absolute atomic E-state index is 4.86. The Balaban J connectivity index is 1.13. The molecule has 2 nitrogen and oxygen atoms in total. The Morgan fingerprint density at radius 1 is 0.345 bits per heavy atom. The molecule has 0 spiro atoms. The molecule has 0 saturated heterocycles. The lowest BCUT2D eigenvalue weighted by Gasteiger charge is -2.20. The molecule has 0 bridgehead atoms. The summed E-state index contributed by atoms with van der Waals surface area (Å²) in [5.41, 5.74) is 17.2. The molecule has 12 rings (SSSR count). The van der Waals surface area contributed by atoms with Gasteiger partial charge in [0.05, 0.1) is 16.6 Å². The van der Waals surface area contributed by atoms with E-state index in [0.717, 1.165) is 22.1 Å². The van der Waals surface area contributed by atoms with Crippen LogP contribution in [-0.2, 0) is 0 Å². The topological polar surface area (TPSA) is 17.8 Å². The number of hydrogen-bond acceptors (Lipinski definition) is 1. The van der Waals surface area contributed by atoms with Crippen molar-refractivity contribution in [3.05, 3.63) is 194 Å². The van der Waals surface area contributed by atoms with Crippen LogP contribution in [0.1, 0.15) is 0 Å². The van der Waals surface area contributed by atoms with Crippen LogP contribution in [-0.4, -0.2) is 9.55 Å². The molecule has 0 fully saturated rings. The van der Waals surface area contributed by atoms with Gasteiger partial charge in [-0.1, -0.05) is 158 Å². The highest BCUT2D eigenvalue weighted by molar-refractivity contribution is 6.29. The van der Waals surface area contributed by atoms with Gasteiger partial charge in [-0.25, -0.2) is 0 Å². The Hall–Kier alpha value is -7.29. The summed E-state index contributed by atoms with van der Waals surface area (Å²) in [7, 11) is 0. The minimum absolute atomic E-state index is 1.04. The number of para-hydroxylation sites is 1. The van der Waals surface area contributed by atoms with Gasteiger partial charge in [0.15, 0.2) is 0 Å². The predicted molar refractivity (Wildman–Crippen MR) is 232 cm³/mol. The third-order valence-corrected chi connectivity index (χ3v) is 11.7. The minimum atomic E-state index is 1.04. The van der Waals surface area contributed by atoms with Crippen molar-refractivity contribution < 1.29 is 0 Å². The molecule has 1 aliphatic carbocycles. The van der Waals surface area contributed by atoms with Gasteiger partial charge in [0, 0.05) is 28.0 Å². The fraction of sp³-hybridized carbons (Fsp3) is 0. The normalized spacial score (nSPS) is 12.0. The highest BCUT2D eigenvalue weighted by Gasteiger charge is 2.31. The number of benzene rings is 9. The number of rotatable bonds is 4.